The molecule has 0 saturated heterocycles. The van der Waals surface area contributed by atoms with Crippen molar-refractivity contribution < 1.29 is 28.8 Å². The maximum atomic E-state index is 12.1. The van der Waals surface area contributed by atoms with Crippen LogP contribution in [0.4, 0.5) is 0 Å². The van der Waals surface area contributed by atoms with Gasteiger partial charge in [0.15, 0.2) is 0 Å². The molecule has 0 N–H and O–H groups in total. The number of benzene rings is 2. The van der Waals surface area contributed by atoms with Gasteiger partial charge >= 0.3 is 20.8 Å². The summed E-state index contributed by atoms with van der Waals surface area (Å²) in [7, 11) is -9.87. The van der Waals surface area contributed by atoms with Crippen LogP contribution in [0.5, 0.6) is 11.5 Å². The fourth-order valence-electron chi connectivity index (χ4n) is 2.25. The Kier molecular flexibility index (Phi) is 6.78. The minimum Gasteiger partial charge on any atom is -0.361 e. The Morgan fingerprint density at radius 2 is 1.41 bits per heavy atom. The zero-order valence-electron chi connectivity index (χ0n) is 14.3. The Labute approximate surface area is 159 Å². The number of hydrogen-bond donors (Lipinski definition) is 0. The predicted molar refractivity (Wildman–Crippen MR) is 101 cm³/mol. The topological polar surface area (TPSA) is 96.0 Å². The van der Waals surface area contributed by atoms with Gasteiger partial charge in [-0.25, -0.2) is 0 Å². The zero-order valence-corrected chi connectivity index (χ0v) is 15.9. The third kappa shape index (κ3) is 6.24. The second kappa shape index (κ2) is 8.85. The van der Waals surface area contributed by atoms with Crippen molar-refractivity contribution in [2.45, 2.75) is 12.8 Å². The van der Waals surface area contributed by atoms with Crippen molar-refractivity contribution in [2.75, 3.05) is 0 Å². The van der Waals surface area contributed by atoms with Crippen LogP contribution < -0.4 is 8.37 Å². The molecule has 9 heteroatoms. The molecule has 2 rings (SSSR count). The lowest BCUT2D eigenvalue weighted by molar-refractivity contribution is 0.350. The van der Waals surface area contributed by atoms with Crippen LogP contribution in [0.3, 0.4) is 0 Å². The van der Waals surface area contributed by atoms with E-state index >= 15 is 0 Å². The van der Waals surface area contributed by atoms with Gasteiger partial charge in [0, 0.05) is 5.56 Å². The highest BCUT2D eigenvalue weighted by molar-refractivity contribution is 7.95. The third-order valence-corrected chi connectivity index (χ3v) is 5.36. The quantitative estimate of drug-likeness (QED) is 0.555. The molecule has 0 aliphatic heterocycles. The highest BCUT2D eigenvalue weighted by Gasteiger charge is 2.28. The molecule has 0 fully saturated rings. The third-order valence-electron chi connectivity index (χ3n) is 3.24. The minimum absolute atomic E-state index is 0.0656. The summed E-state index contributed by atoms with van der Waals surface area (Å²) >= 11 is 0. The van der Waals surface area contributed by atoms with E-state index in [0.29, 0.717) is 18.4 Å². The van der Waals surface area contributed by atoms with E-state index in [4.69, 9.17) is 4.18 Å². The smallest absolute Gasteiger partial charge is 0.361 e. The minimum atomic E-state index is -4.96. The van der Waals surface area contributed by atoms with E-state index in [9.17, 15) is 16.8 Å². The van der Waals surface area contributed by atoms with E-state index in [2.05, 4.69) is 21.0 Å². The van der Waals surface area contributed by atoms with E-state index in [1.165, 1.54) is 30.3 Å². The Balaban J connectivity index is 2.24. The molecule has 0 heterocycles. The molecule has 27 heavy (non-hydrogen) atoms. The molecule has 0 unspecified atom stereocenters. The van der Waals surface area contributed by atoms with Crippen LogP contribution in [0.2, 0.25) is 0 Å². The Morgan fingerprint density at radius 3 is 2.04 bits per heavy atom. The average Bonchev–Trinajstić information content (AvgIpc) is 2.57. The average molecular weight is 410 g/mol. The van der Waals surface area contributed by atoms with Crippen molar-refractivity contribution in [3.05, 3.63) is 85.0 Å². The first-order chi connectivity index (χ1) is 12.8. The predicted octanol–water partition coefficient (Wildman–Crippen LogP) is 3.11. The van der Waals surface area contributed by atoms with E-state index < -0.39 is 20.8 Å². The second-order valence-electron chi connectivity index (χ2n) is 5.24. The number of allylic oxidation sites excluding steroid dienone is 2. The summed E-state index contributed by atoms with van der Waals surface area (Å²) in [5, 5.41) is 0. The Bertz CT molecular complexity index is 1010. The summed E-state index contributed by atoms with van der Waals surface area (Å²) in [5.41, 5.74) is 1.29. The summed E-state index contributed by atoms with van der Waals surface area (Å²) in [6.07, 6.45) is 3.99. The van der Waals surface area contributed by atoms with Gasteiger partial charge in [0.25, 0.3) is 0 Å². The molecule has 0 saturated carbocycles. The standard InChI is InChI=1S/C18H18O7S2/c1-3-9-15-11-8-14-18(17(15)10-4-2)24-27(21,22)25-26(19,20)23-16-12-6-5-7-13-16/h3-8,11-14H,1-2,9-10H2. The summed E-state index contributed by atoms with van der Waals surface area (Å²) < 4.78 is 61.4. The van der Waals surface area contributed by atoms with E-state index in [0.717, 1.165) is 5.56 Å². The lowest BCUT2D eigenvalue weighted by Crippen LogP contribution is -2.22. The molecular weight excluding hydrogens is 392 g/mol. The van der Waals surface area contributed by atoms with Gasteiger partial charge < -0.3 is 8.37 Å². The normalized spacial score (nSPS) is 11.6. The molecule has 0 amide bonds. The van der Waals surface area contributed by atoms with Crippen LogP contribution in [-0.2, 0) is 37.3 Å². The Hall–Kier alpha value is -2.62. The van der Waals surface area contributed by atoms with Gasteiger partial charge in [0.2, 0.25) is 0 Å². The lowest BCUT2D eigenvalue weighted by Gasteiger charge is -2.13. The Morgan fingerprint density at radius 1 is 0.778 bits per heavy atom. The van der Waals surface area contributed by atoms with Crippen LogP contribution in [0.1, 0.15) is 11.1 Å². The van der Waals surface area contributed by atoms with Crippen LogP contribution in [0.25, 0.3) is 0 Å². The largest absolute Gasteiger partial charge is 0.466 e. The summed E-state index contributed by atoms with van der Waals surface area (Å²) in [4.78, 5) is 0. The highest BCUT2D eigenvalue weighted by Crippen LogP contribution is 2.26. The summed E-state index contributed by atoms with van der Waals surface area (Å²) in [6.45, 7) is 7.27. The molecule has 7 nitrogen and oxygen atoms in total. The zero-order chi connectivity index (χ0) is 19.9. The molecule has 0 atom stereocenters. The molecule has 144 valence electrons. The summed E-state index contributed by atoms with van der Waals surface area (Å²) in [6, 6.07) is 12.1. The maximum absolute atomic E-state index is 12.1. The first-order valence-electron chi connectivity index (χ1n) is 7.74. The molecule has 0 spiro atoms. The van der Waals surface area contributed by atoms with Gasteiger partial charge in [0.1, 0.15) is 11.5 Å². The van der Waals surface area contributed by atoms with E-state index in [1.54, 1.807) is 30.4 Å². The van der Waals surface area contributed by atoms with Crippen molar-refractivity contribution in [1.82, 2.24) is 0 Å². The molecule has 0 radical (unpaired) electrons. The van der Waals surface area contributed by atoms with Gasteiger partial charge in [-0.15, -0.1) is 13.2 Å². The van der Waals surface area contributed by atoms with Gasteiger partial charge in [-0.1, -0.05) is 46.1 Å². The van der Waals surface area contributed by atoms with Gasteiger partial charge in [-0.05, 0) is 36.6 Å². The van der Waals surface area contributed by atoms with Crippen LogP contribution in [-0.4, -0.2) is 16.8 Å². The van der Waals surface area contributed by atoms with Crippen molar-refractivity contribution >= 4 is 20.8 Å². The SMILES string of the molecule is C=CCc1cccc(OS(=O)(=O)OS(=O)(=O)Oc2ccccc2)c1CC=C. The summed E-state index contributed by atoms with van der Waals surface area (Å²) in [5.74, 6) is -0.169. The van der Waals surface area contributed by atoms with Crippen molar-refractivity contribution in [3.63, 3.8) is 0 Å². The first kappa shape index (κ1) is 20.7. The first-order valence-corrected chi connectivity index (χ1v) is 10.4. The van der Waals surface area contributed by atoms with Crippen molar-refractivity contribution in [3.8, 4) is 11.5 Å². The molecule has 0 aliphatic rings. The van der Waals surface area contributed by atoms with Gasteiger partial charge in [-0.2, -0.15) is 16.8 Å². The monoisotopic (exact) mass is 410 g/mol. The van der Waals surface area contributed by atoms with Crippen LogP contribution in [0, 0.1) is 0 Å². The maximum Gasteiger partial charge on any atom is 0.466 e. The number of para-hydroxylation sites is 1. The van der Waals surface area contributed by atoms with E-state index in [-0.39, 0.29) is 11.5 Å². The molecular formula is C18H18O7S2. The lowest BCUT2D eigenvalue weighted by atomic mass is 10.0. The molecule has 2 aromatic carbocycles. The van der Waals surface area contributed by atoms with Crippen molar-refractivity contribution in [1.29, 1.82) is 0 Å². The van der Waals surface area contributed by atoms with Gasteiger partial charge in [-0.3, -0.25) is 0 Å². The number of hydrogen-bond acceptors (Lipinski definition) is 7. The number of rotatable bonds is 10. The van der Waals surface area contributed by atoms with Crippen molar-refractivity contribution in [2.24, 2.45) is 0 Å². The molecule has 0 bridgehead atoms. The molecule has 2 aromatic rings. The molecule has 0 aromatic heterocycles. The molecule has 0 aliphatic carbocycles. The highest BCUT2D eigenvalue weighted by atomic mass is 32.3. The van der Waals surface area contributed by atoms with Crippen LogP contribution >= 0.6 is 0 Å². The second-order valence-corrected chi connectivity index (χ2v) is 7.75. The van der Waals surface area contributed by atoms with Crippen LogP contribution in [0.15, 0.2) is 73.8 Å². The fraction of sp³-hybridized carbons (Fsp3) is 0.111. The van der Waals surface area contributed by atoms with Gasteiger partial charge in [0.05, 0.1) is 0 Å². The van der Waals surface area contributed by atoms with E-state index in [1.807, 2.05) is 0 Å². The fourth-order valence-corrected chi connectivity index (χ4v) is 4.01.